The smallest absolute Gasteiger partial charge is 0.339 e. The van der Waals surface area contributed by atoms with E-state index in [4.69, 9.17) is 9.15 Å². The predicted octanol–water partition coefficient (Wildman–Crippen LogP) is 4.98. The van der Waals surface area contributed by atoms with Crippen LogP contribution in [0.4, 0.5) is 0 Å². The maximum absolute atomic E-state index is 13.5. The van der Waals surface area contributed by atoms with Crippen molar-refractivity contribution in [1.29, 1.82) is 0 Å². The fourth-order valence-corrected chi connectivity index (χ4v) is 5.49. The molecule has 1 aromatic heterocycles. The second-order valence-corrected chi connectivity index (χ2v) is 10.8. The summed E-state index contributed by atoms with van der Waals surface area (Å²) >= 11 is 0. The number of piperidine rings is 1. The van der Waals surface area contributed by atoms with Gasteiger partial charge >= 0.3 is 5.63 Å². The molecular formula is C27H40N2O4. The maximum Gasteiger partial charge on any atom is 0.339 e. The Morgan fingerprint density at radius 2 is 1.88 bits per heavy atom. The van der Waals surface area contributed by atoms with Crippen molar-refractivity contribution < 1.29 is 13.9 Å². The van der Waals surface area contributed by atoms with Gasteiger partial charge in [-0.1, -0.05) is 13.3 Å². The van der Waals surface area contributed by atoms with Crippen LogP contribution in [0.5, 0.6) is 5.75 Å². The summed E-state index contributed by atoms with van der Waals surface area (Å²) in [5, 5.41) is 4.59. The average Bonchev–Trinajstić information content (AvgIpc) is 2.71. The summed E-state index contributed by atoms with van der Waals surface area (Å²) in [5.41, 5.74) is 1.53. The number of carbonyl (C=O) groups is 1. The van der Waals surface area contributed by atoms with Gasteiger partial charge in [0, 0.05) is 47.1 Å². The first-order valence-corrected chi connectivity index (χ1v) is 12.2. The lowest BCUT2D eigenvalue weighted by Gasteiger charge is -2.49. The summed E-state index contributed by atoms with van der Waals surface area (Å²) < 4.78 is 10.8. The number of carbonyl (C=O) groups excluding carboxylic acids is 1. The molecule has 0 radical (unpaired) electrons. The lowest BCUT2D eigenvalue weighted by Crippen LogP contribution is -2.62. The highest BCUT2D eigenvalue weighted by Crippen LogP contribution is 2.32. The fraction of sp³-hybridized carbons (Fsp3) is 0.630. The van der Waals surface area contributed by atoms with Crippen LogP contribution in [0.15, 0.2) is 27.4 Å². The third-order valence-electron chi connectivity index (χ3n) is 6.77. The van der Waals surface area contributed by atoms with Gasteiger partial charge in [-0.2, -0.15) is 0 Å². The van der Waals surface area contributed by atoms with E-state index in [2.05, 4.69) is 44.8 Å². The number of amides is 1. The number of nitrogens with zero attached hydrogens (tertiary/aromatic N) is 1. The SMILES string of the molecule is CCCCN(C(=O)CCc1c(C)c2ccc(OC)cc2oc1=O)C1CC(C)(C)NC(C)(C)C1. The van der Waals surface area contributed by atoms with Crippen LogP contribution >= 0.6 is 0 Å². The molecule has 1 aromatic carbocycles. The van der Waals surface area contributed by atoms with Gasteiger partial charge in [0.15, 0.2) is 0 Å². The first kappa shape index (κ1) is 25.3. The molecule has 1 amide bonds. The van der Waals surface area contributed by atoms with Crippen LogP contribution in [-0.2, 0) is 11.2 Å². The molecule has 6 heteroatoms. The van der Waals surface area contributed by atoms with E-state index in [0.29, 0.717) is 29.7 Å². The molecule has 1 aliphatic rings. The molecule has 0 aliphatic carbocycles. The summed E-state index contributed by atoms with van der Waals surface area (Å²) in [4.78, 5) is 28.3. The van der Waals surface area contributed by atoms with Gasteiger partial charge < -0.3 is 19.4 Å². The van der Waals surface area contributed by atoms with Crippen LogP contribution < -0.4 is 15.7 Å². The van der Waals surface area contributed by atoms with Crippen molar-refractivity contribution in [1.82, 2.24) is 10.2 Å². The number of fused-ring (bicyclic) bond motifs is 1. The molecular weight excluding hydrogens is 416 g/mol. The van der Waals surface area contributed by atoms with Crippen molar-refractivity contribution in [3.05, 3.63) is 39.7 Å². The molecule has 33 heavy (non-hydrogen) atoms. The van der Waals surface area contributed by atoms with E-state index in [1.165, 1.54) is 0 Å². The summed E-state index contributed by atoms with van der Waals surface area (Å²) in [5.74, 6) is 0.767. The Morgan fingerprint density at radius 3 is 2.48 bits per heavy atom. The maximum atomic E-state index is 13.5. The highest BCUT2D eigenvalue weighted by atomic mass is 16.5. The Labute approximate surface area is 197 Å². The molecule has 1 saturated heterocycles. The number of hydrogen-bond acceptors (Lipinski definition) is 5. The molecule has 1 N–H and O–H groups in total. The van der Waals surface area contributed by atoms with Crippen LogP contribution in [0.25, 0.3) is 11.0 Å². The zero-order valence-electron chi connectivity index (χ0n) is 21.3. The number of ether oxygens (including phenoxy) is 1. The van der Waals surface area contributed by atoms with E-state index in [9.17, 15) is 9.59 Å². The van der Waals surface area contributed by atoms with Gasteiger partial charge in [-0.25, -0.2) is 4.79 Å². The minimum absolute atomic E-state index is 0.0335. The quantitative estimate of drug-likeness (QED) is 0.567. The minimum Gasteiger partial charge on any atom is -0.497 e. The highest BCUT2D eigenvalue weighted by Gasteiger charge is 2.40. The van der Waals surface area contributed by atoms with Crippen LogP contribution in [0, 0.1) is 6.92 Å². The minimum atomic E-state index is -0.370. The van der Waals surface area contributed by atoms with Crippen LogP contribution in [0.2, 0.25) is 0 Å². The summed E-state index contributed by atoms with van der Waals surface area (Å²) in [7, 11) is 1.58. The first-order chi connectivity index (χ1) is 15.5. The lowest BCUT2D eigenvalue weighted by atomic mass is 9.79. The van der Waals surface area contributed by atoms with Crippen molar-refractivity contribution in [2.24, 2.45) is 0 Å². The van der Waals surface area contributed by atoms with Gasteiger partial charge in [0.25, 0.3) is 0 Å². The molecule has 0 saturated carbocycles. The molecule has 2 heterocycles. The standard InChI is InChI=1S/C27H40N2O4/c1-8-9-14-29(19-16-26(3,4)28-27(5,6)17-19)24(30)13-12-22-18(2)21-11-10-20(32-7)15-23(21)33-25(22)31/h10-11,15,19,28H,8-9,12-14,16-17H2,1-7H3. The Kier molecular flexibility index (Phi) is 7.57. The number of benzene rings is 1. The zero-order chi connectivity index (χ0) is 24.4. The molecule has 1 aliphatic heterocycles. The number of aryl methyl sites for hydroxylation is 1. The van der Waals surface area contributed by atoms with Crippen molar-refractivity contribution in [2.75, 3.05) is 13.7 Å². The number of hydrogen-bond donors (Lipinski definition) is 1. The van der Waals surface area contributed by atoms with Crippen LogP contribution in [0.3, 0.4) is 0 Å². The third kappa shape index (κ3) is 5.97. The van der Waals surface area contributed by atoms with Crippen molar-refractivity contribution >= 4 is 16.9 Å². The topological polar surface area (TPSA) is 71.8 Å². The van der Waals surface area contributed by atoms with Gasteiger partial charge in [-0.3, -0.25) is 4.79 Å². The normalized spacial score (nSPS) is 17.8. The second kappa shape index (κ2) is 9.88. The van der Waals surface area contributed by atoms with Crippen LogP contribution in [-0.4, -0.2) is 41.6 Å². The van der Waals surface area contributed by atoms with E-state index in [-0.39, 0.29) is 28.7 Å². The molecule has 6 nitrogen and oxygen atoms in total. The second-order valence-electron chi connectivity index (χ2n) is 10.8. The van der Waals surface area contributed by atoms with Crippen LogP contribution in [0.1, 0.15) is 77.8 Å². The summed E-state index contributed by atoms with van der Waals surface area (Å²) in [6, 6.07) is 5.69. The largest absolute Gasteiger partial charge is 0.497 e. The molecule has 0 atom stereocenters. The number of rotatable bonds is 8. The number of nitrogens with one attached hydrogen (secondary N) is 1. The van der Waals surface area contributed by atoms with Crippen molar-refractivity contribution in [3.8, 4) is 5.75 Å². The van der Waals surface area contributed by atoms with Gasteiger partial charge in [0.05, 0.1) is 7.11 Å². The monoisotopic (exact) mass is 456 g/mol. The van der Waals surface area contributed by atoms with E-state index in [1.807, 2.05) is 19.1 Å². The zero-order valence-corrected chi connectivity index (χ0v) is 21.3. The molecule has 2 aromatic rings. The van der Waals surface area contributed by atoms with Gasteiger partial charge in [0.1, 0.15) is 11.3 Å². The Morgan fingerprint density at radius 1 is 1.21 bits per heavy atom. The van der Waals surface area contributed by atoms with Gasteiger partial charge in [0.2, 0.25) is 5.91 Å². The summed E-state index contributed by atoms with van der Waals surface area (Å²) in [6.07, 6.45) is 4.56. The molecule has 3 rings (SSSR count). The van der Waals surface area contributed by atoms with Crippen molar-refractivity contribution in [3.63, 3.8) is 0 Å². The average molecular weight is 457 g/mol. The number of unbranched alkanes of at least 4 members (excludes halogenated alkanes) is 1. The fourth-order valence-electron chi connectivity index (χ4n) is 5.49. The lowest BCUT2D eigenvalue weighted by molar-refractivity contribution is -0.135. The molecule has 1 fully saturated rings. The Hall–Kier alpha value is -2.34. The highest BCUT2D eigenvalue weighted by molar-refractivity contribution is 5.83. The van der Waals surface area contributed by atoms with E-state index >= 15 is 0 Å². The molecule has 0 spiro atoms. The van der Waals surface area contributed by atoms with Gasteiger partial charge in [-0.15, -0.1) is 0 Å². The van der Waals surface area contributed by atoms with E-state index in [0.717, 1.165) is 43.2 Å². The molecule has 0 unspecified atom stereocenters. The number of methoxy groups -OCH3 is 1. The van der Waals surface area contributed by atoms with Crippen molar-refractivity contribution in [2.45, 2.75) is 97.2 Å². The van der Waals surface area contributed by atoms with E-state index in [1.54, 1.807) is 13.2 Å². The van der Waals surface area contributed by atoms with E-state index < -0.39 is 0 Å². The Bertz CT molecular complexity index is 1040. The summed E-state index contributed by atoms with van der Waals surface area (Å²) in [6.45, 7) is 13.7. The molecule has 0 bridgehead atoms. The predicted molar refractivity (Wildman–Crippen MR) is 133 cm³/mol. The first-order valence-electron chi connectivity index (χ1n) is 12.2. The Balaban J connectivity index is 1.82. The molecule has 182 valence electrons. The van der Waals surface area contributed by atoms with Gasteiger partial charge in [-0.05, 0) is 78.0 Å². The third-order valence-corrected chi connectivity index (χ3v) is 6.77.